The fourth-order valence-corrected chi connectivity index (χ4v) is 2.75. The van der Waals surface area contributed by atoms with Crippen LogP contribution in [0.4, 0.5) is 4.39 Å². The average molecular weight is 338 g/mol. The number of aryl methyl sites for hydroxylation is 1. The van der Waals surface area contributed by atoms with Gasteiger partial charge in [-0.1, -0.05) is 40.2 Å². The zero-order valence-electron chi connectivity index (χ0n) is 11.7. The van der Waals surface area contributed by atoms with Crippen LogP contribution in [0.5, 0.6) is 5.75 Å². The molecular formula is C16H17BrFNO. The molecule has 106 valence electrons. The summed E-state index contributed by atoms with van der Waals surface area (Å²) < 4.78 is 19.9. The molecule has 0 radical (unpaired) electrons. The minimum atomic E-state index is -0.353. The molecule has 2 aromatic carbocycles. The fraction of sp³-hybridized carbons (Fsp3) is 0.250. The maximum absolute atomic E-state index is 13.9. The van der Waals surface area contributed by atoms with Crippen molar-refractivity contribution in [3.05, 3.63) is 63.4 Å². The van der Waals surface area contributed by atoms with E-state index in [-0.39, 0.29) is 17.6 Å². The van der Waals surface area contributed by atoms with E-state index in [9.17, 15) is 4.39 Å². The summed E-state index contributed by atoms with van der Waals surface area (Å²) in [6.07, 6.45) is 0. The van der Waals surface area contributed by atoms with Gasteiger partial charge in [0, 0.05) is 4.47 Å². The standard InChI is InChI=1S/C16H17BrFNO/c1-10-5-4-6-12(15(10)17)16(19-2)11-7-8-14(20-3)13(18)9-11/h4-9,16,19H,1-3H3. The molecule has 0 aliphatic carbocycles. The van der Waals surface area contributed by atoms with Crippen molar-refractivity contribution >= 4 is 15.9 Å². The fourth-order valence-electron chi connectivity index (χ4n) is 2.26. The lowest BCUT2D eigenvalue weighted by atomic mass is 9.97. The Morgan fingerprint density at radius 1 is 1.25 bits per heavy atom. The highest BCUT2D eigenvalue weighted by Gasteiger charge is 2.17. The molecule has 0 aliphatic rings. The van der Waals surface area contributed by atoms with Gasteiger partial charge in [0.2, 0.25) is 0 Å². The number of hydrogen-bond donors (Lipinski definition) is 1. The van der Waals surface area contributed by atoms with Crippen LogP contribution in [0.25, 0.3) is 0 Å². The Hall–Kier alpha value is -1.39. The van der Waals surface area contributed by atoms with Gasteiger partial charge in [-0.15, -0.1) is 0 Å². The summed E-state index contributed by atoms with van der Waals surface area (Å²) in [5, 5.41) is 3.23. The Kier molecular flexibility index (Phi) is 4.78. The predicted molar refractivity (Wildman–Crippen MR) is 82.7 cm³/mol. The molecule has 0 aliphatic heterocycles. The summed E-state index contributed by atoms with van der Waals surface area (Å²) in [4.78, 5) is 0. The van der Waals surface area contributed by atoms with Crippen LogP contribution in [0.3, 0.4) is 0 Å². The lowest BCUT2D eigenvalue weighted by Gasteiger charge is -2.20. The van der Waals surface area contributed by atoms with Crippen LogP contribution < -0.4 is 10.1 Å². The molecule has 2 rings (SSSR count). The highest BCUT2D eigenvalue weighted by atomic mass is 79.9. The molecule has 1 atom stereocenters. The molecule has 1 N–H and O–H groups in total. The summed E-state index contributed by atoms with van der Waals surface area (Å²) in [6, 6.07) is 11.0. The summed E-state index contributed by atoms with van der Waals surface area (Å²) in [7, 11) is 3.33. The van der Waals surface area contributed by atoms with Crippen molar-refractivity contribution in [2.75, 3.05) is 14.2 Å². The van der Waals surface area contributed by atoms with E-state index in [1.54, 1.807) is 6.07 Å². The molecule has 0 bridgehead atoms. The Bertz CT molecular complexity index is 615. The molecule has 0 spiro atoms. The van der Waals surface area contributed by atoms with Crippen LogP contribution in [0.15, 0.2) is 40.9 Å². The number of hydrogen-bond acceptors (Lipinski definition) is 2. The lowest BCUT2D eigenvalue weighted by molar-refractivity contribution is 0.386. The van der Waals surface area contributed by atoms with Crippen molar-refractivity contribution in [3.8, 4) is 5.75 Å². The lowest BCUT2D eigenvalue weighted by Crippen LogP contribution is -2.18. The summed E-state index contributed by atoms with van der Waals surface area (Å²) in [6.45, 7) is 2.04. The van der Waals surface area contributed by atoms with Crippen molar-refractivity contribution < 1.29 is 9.13 Å². The van der Waals surface area contributed by atoms with Gasteiger partial charge in [-0.25, -0.2) is 4.39 Å². The molecule has 2 aromatic rings. The number of benzene rings is 2. The molecule has 0 amide bonds. The van der Waals surface area contributed by atoms with Gasteiger partial charge < -0.3 is 10.1 Å². The number of halogens is 2. The van der Waals surface area contributed by atoms with Gasteiger partial charge in [-0.2, -0.15) is 0 Å². The van der Waals surface area contributed by atoms with Gasteiger partial charge in [0.15, 0.2) is 11.6 Å². The third-order valence-corrected chi connectivity index (χ3v) is 4.41. The molecule has 0 heterocycles. The van der Waals surface area contributed by atoms with E-state index in [0.29, 0.717) is 0 Å². The van der Waals surface area contributed by atoms with E-state index in [1.807, 2.05) is 38.2 Å². The topological polar surface area (TPSA) is 21.3 Å². The smallest absolute Gasteiger partial charge is 0.165 e. The third-order valence-electron chi connectivity index (χ3n) is 3.33. The normalized spacial score (nSPS) is 12.2. The van der Waals surface area contributed by atoms with Gasteiger partial charge in [0.25, 0.3) is 0 Å². The van der Waals surface area contributed by atoms with Crippen LogP contribution in [-0.4, -0.2) is 14.2 Å². The maximum Gasteiger partial charge on any atom is 0.165 e. The highest BCUT2D eigenvalue weighted by molar-refractivity contribution is 9.10. The first-order valence-electron chi connectivity index (χ1n) is 6.34. The minimum absolute atomic E-state index is 0.0790. The predicted octanol–water partition coefficient (Wildman–Crippen LogP) is 4.21. The van der Waals surface area contributed by atoms with Crippen LogP contribution in [-0.2, 0) is 0 Å². The second-order valence-electron chi connectivity index (χ2n) is 4.59. The number of rotatable bonds is 4. The van der Waals surface area contributed by atoms with Gasteiger partial charge >= 0.3 is 0 Å². The Morgan fingerprint density at radius 3 is 2.60 bits per heavy atom. The maximum atomic E-state index is 13.9. The zero-order valence-corrected chi connectivity index (χ0v) is 13.3. The summed E-state index contributed by atoms with van der Waals surface area (Å²) >= 11 is 3.61. The van der Waals surface area contributed by atoms with Gasteiger partial charge in [-0.05, 0) is 42.8 Å². The quantitative estimate of drug-likeness (QED) is 0.902. The van der Waals surface area contributed by atoms with E-state index >= 15 is 0 Å². The largest absolute Gasteiger partial charge is 0.494 e. The second-order valence-corrected chi connectivity index (χ2v) is 5.39. The van der Waals surface area contributed by atoms with Crippen molar-refractivity contribution in [2.24, 2.45) is 0 Å². The Labute approximate surface area is 127 Å². The van der Waals surface area contributed by atoms with Crippen LogP contribution in [0, 0.1) is 12.7 Å². The molecule has 0 fully saturated rings. The van der Waals surface area contributed by atoms with E-state index in [4.69, 9.17) is 4.74 Å². The number of methoxy groups -OCH3 is 1. The van der Waals surface area contributed by atoms with E-state index in [0.717, 1.165) is 21.2 Å². The monoisotopic (exact) mass is 337 g/mol. The van der Waals surface area contributed by atoms with Gasteiger partial charge in [-0.3, -0.25) is 0 Å². The molecule has 2 nitrogen and oxygen atoms in total. The summed E-state index contributed by atoms with van der Waals surface area (Å²) in [5.74, 6) is -0.0964. The summed E-state index contributed by atoms with van der Waals surface area (Å²) in [5.41, 5.74) is 3.09. The molecule has 20 heavy (non-hydrogen) atoms. The van der Waals surface area contributed by atoms with Gasteiger partial charge in [0.1, 0.15) is 0 Å². The van der Waals surface area contributed by atoms with Crippen molar-refractivity contribution in [3.63, 3.8) is 0 Å². The van der Waals surface area contributed by atoms with Crippen molar-refractivity contribution in [1.82, 2.24) is 5.32 Å². The SMILES string of the molecule is CNC(c1ccc(OC)c(F)c1)c1cccc(C)c1Br. The first-order valence-corrected chi connectivity index (χ1v) is 7.13. The van der Waals surface area contributed by atoms with E-state index in [1.165, 1.54) is 13.2 Å². The Morgan fingerprint density at radius 2 is 2.00 bits per heavy atom. The van der Waals surface area contributed by atoms with Crippen LogP contribution in [0.1, 0.15) is 22.7 Å². The first-order chi connectivity index (χ1) is 9.58. The first kappa shape index (κ1) is 15.0. The Balaban J connectivity index is 2.47. The van der Waals surface area contributed by atoms with Crippen molar-refractivity contribution in [1.29, 1.82) is 0 Å². The molecule has 1 unspecified atom stereocenters. The van der Waals surface area contributed by atoms with Crippen LogP contribution in [0.2, 0.25) is 0 Å². The second kappa shape index (κ2) is 6.37. The van der Waals surface area contributed by atoms with E-state index in [2.05, 4.69) is 21.2 Å². The molecule has 0 saturated heterocycles. The van der Waals surface area contributed by atoms with Crippen molar-refractivity contribution in [2.45, 2.75) is 13.0 Å². The average Bonchev–Trinajstić information content (AvgIpc) is 2.44. The number of ether oxygens (including phenoxy) is 1. The van der Waals surface area contributed by atoms with Crippen LogP contribution >= 0.6 is 15.9 Å². The highest BCUT2D eigenvalue weighted by Crippen LogP contribution is 2.32. The molecule has 0 saturated carbocycles. The molecular weight excluding hydrogens is 321 g/mol. The molecule has 0 aromatic heterocycles. The van der Waals surface area contributed by atoms with E-state index < -0.39 is 0 Å². The van der Waals surface area contributed by atoms with Gasteiger partial charge in [0.05, 0.1) is 13.2 Å². The third kappa shape index (κ3) is 2.86. The minimum Gasteiger partial charge on any atom is -0.494 e. The molecule has 4 heteroatoms. The number of nitrogens with one attached hydrogen (secondary N) is 1. The zero-order chi connectivity index (χ0) is 14.7.